The van der Waals surface area contributed by atoms with Crippen molar-refractivity contribution in [3.8, 4) is 0 Å². The van der Waals surface area contributed by atoms with Crippen LogP contribution in [-0.2, 0) is 4.79 Å². The standard InChI is InChI=1S/C14H27NO/c1-14(2,3)13(15)10-12(16)11-8-6-4-5-7-9-11/h11,13H,4-10,15H2,1-3H3. The first-order valence-corrected chi connectivity index (χ1v) is 6.69. The maximum Gasteiger partial charge on any atom is 0.137 e. The zero-order valence-corrected chi connectivity index (χ0v) is 11.1. The van der Waals surface area contributed by atoms with Crippen molar-refractivity contribution in [3.63, 3.8) is 0 Å². The van der Waals surface area contributed by atoms with Crippen LogP contribution in [0.2, 0.25) is 0 Å². The number of ketones is 1. The third-order valence-electron chi connectivity index (χ3n) is 3.84. The van der Waals surface area contributed by atoms with Gasteiger partial charge in [0.05, 0.1) is 0 Å². The van der Waals surface area contributed by atoms with Gasteiger partial charge in [-0.3, -0.25) is 4.79 Å². The van der Waals surface area contributed by atoms with Crippen LogP contribution in [0.5, 0.6) is 0 Å². The van der Waals surface area contributed by atoms with Gasteiger partial charge in [0.15, 0.2) is 0 Å². The first-order valence-electron chi connectivity index (χ1n) is 6.69. The van der Waals surface area contributed by atoms with E-state index in [0.29, 0.717) is 18.1 Å². The fraction of sp³-hybridized carbons (Fsp3) is 0.929. The third kappa shape index (κ3) is 4.25. The molecule has 1 fully saturated rings. The number of hydrogen-bond donors (Lipinski definition) is 1. The number of carbonyl (C=O) groups excluding carboxylic acids is 1. The van der Waals surface area contributed by atoms with Gasteiger partial charge in [0.1, 0.15) is 5.78 Å². The van der Waals surface area contributed by atoms with E-state index < -0.39 is 0 Å². The lowest BCUT2D eigenvalue weighted by Crippen LogP contribution is -2.38. The molecule has 1 aliphatic rings. The Balaban J connectivity index is 2.44. The minimum atomic E-state index is 0.00301. The number of carbonyl (C=O) groups is 1. The van der Waals surface area contributed by atoms with Crippen LogP contribution in [0, 0.1) is 11.3 Å². The van der Waals surface area contributed by atoms with Crippen LogP contribution in [0.1, 0.15) is 65.7 Å². The van der Waals surface area contributed by atoms with Crippen LogP contribution in [0.25, 0.3) is 0 Å². The van der Waals surface area contributed by atoms with E-state index in [0.717, 1.165) is 12.8 Å². The van der Waals surface area contributed by atoms with Crippen LogP contribution in [0.4, 0.5) is 0 Å². The van der Waals surface area contributed by atoms with Crippen molar-refractivity contribution in [2.75, 3.05) is 0 Å². The molecule has 0 saturated heterocycles. The normalized spacial score (nSPS) is 21.5. The van der Waals surface area contributed by atoms with Gasteiger partial charge in [0, 0.05) is 18.4 Å². The number of nitrogens with two attached hydrogens (primary N) is 1. The highest BCUT2D eigenvalue weighted by atomic mass is 16.1. The summed E-state index contributed by atoms with van der Waals surface area (Å²) in [5.74, 6) is 0.709. The van der Waals surface area contributed by atoms with Gasteiger partial charge >= 0.3 is 0 Å². The van der Waals surface area contributed by atoms with Crippen LogP contribution in [-0.4, -0.2) is 11.8 Å². The first kappa shape index (κ1) is 13.7. The van der Waals surface area contributed by atoms with Gasteiger partial charge in [0.2, 0.25) is 0 Å². The van der Waals surface area contributed by atoms with Crippen LogP contribution >= 0.6 is 0 Å². The van der Waals surface area contributed by atoms with Crippen molar-refractivity contribution in [2.45, 2.75) is 71.8 Å². The van der Waals surface area contributed by atoms with Gasteiger partial charge in [-0.15, -0.1) is 0 Å². The molecule has 0 bridgehead atoms. The fourth-order valence-corrected chi connectivity index (χ4v) is 2.29. The minimum absolute atomic E-state index is 0.00301. The molecule has 1 unspecified atom stereocenters. The number of Topliss-reactive ketones (excluding diaryl/α,β-unsaturated/α-hetero) is 1. The molecule has 1 aliphatic carbocycles. The molecule has 1 rings (SSSR count). The quantitative estimate of drug-likeness (QED) is 0.749. The van der Waals surface area contributed by atoms with Crippen LogP contribution < -0.4 is 5.73 Å². The lowest BCUT2D eigenvalue weighted by Gasteiger charge is -2.27. The lowest BCUT2D eigenvalue weighted by atomic mass is 9.81. The molecule has 0 aliphatic heterocycles. The smallest absolute Gasteiger partial charge is 0.137 e. The highest BCUT2D eigenvalue weighted by molar-refractivity contribution is 5.81. The Morgan fingerprint density at radius 3 is 2.12 bits per heavy atom. The summed E-state index contributed by atoms with van der Waals surface area (Å²) in [5.41, 5.74) is 6.12. The Morgan fingerprint density at radius 1 is 1.19 bits per heavy atom. The predicted molar refractivity (Wildman–Crippen MR) is 68.2 cm³/mol. The van der Waals surface area contributed by atoms with E-state index in [9.17, 15) is 4.79 Å². The topological polar surface area (TPSA) is 43.1 Å². The molecular weight excluding hydrogens is 198 g/mol. The van der Waals surface area contributed by atoms with Crippen LogP contribution in [0.3, 0.4) is 0 Å². The van der Waals surface area contributed by atoms with Crippen molar-refractivity contribution in [2.24, 2.45) is 17.1 Å². The summed E-state index contributed by atoms with van der Waals surface area (Å²) < 4.78 is 0. The second kappa shape index (κ2) is 5.81. The van der Waals surface area contributed by atoms with Crippen molar-refractivity contribution in [1.82, 2.24) is 0 Å². The van der Waals surface area contributed by atoms with Gasteiger partial charge < -0.3 is 5.73 Å². The molecule has 1 atom stereocenters. The number of rotatable bonds is 3. The maximum absolute atomic E-state index is 12.1. The van der Waals surface area contributed by atoms with Gasteiger partial charge in [-0.25, -0.2) is 0 Å². The summed E-state index contributed by atoms with van der Waals surface area (Å²) >= 11 is 0. The molecule has 0 amide bonds. The van der Waals surface area contributed by atoms with E-state index in [2.05, 4.69) is 20.8 Å². The van der Waals surface area contributed by atoms with Gasteiger partial charge in [-0.05, 0) is 18.3 Å². The molecule has 2 nitrogen and oxygen atoms in total. The van der Waals surface area contributed by atoms with Gasteiger partial charge in [-0.1, -0.05) is 46.5 Å². The summed E-state index contributed by atoms with van der Waals surface area (Å²) in [6.07, 6.45) is 7.80. The van der Waals surface area contributed by atoms with Gasteiger partial charge in [0.25, 0.3) is 0 Å². The average molecular weight is 225 g/mol. The van der Waals surface area contributed by atoms with E-state index in [-0.39, 0.29) is 11.5 Å². The van der Waals surface area contributed by atoms with E-state index in [1.807, 2.05) is 0 Å². The van der Waals surface area contributed by atoms with Crippen molar-refractivity contribution < 1.29 is 4.79 Å². The summed E-state index contributed by atoms with van der Waals surface area (Å²) in [5, 5.41) is 0. The van der Waals surface area contributed by atoms with Crippen LogP contribution in [0.15, 0.2) is 0 Å². The summed E-state index contributed by atoms with van der Waals surface area (Å²) in [7, 11) is 0. The maximum atomic E-state index is 12.1. The molecular formula is C14H27NO. The average Bonchev–Trinajstić information content (AvgIpc) is 2.43. The van der Waals surface area contributed by atoms with Crippen molar-refractivity contribution in [1.29, 1.82) is 0 Å². The molecule has 0 aromatic heterocycles. The Bertz CT molecular complexity index is 221. The van der Waals surface area contributed by atoms with E-state index in [1.165, 1.54) is 25.7 Å². The Kier molecular flexibility index (Phi) is 4.97. The molecule has 1 saturated carbocycles. The lowest BCUT2D eigenvalue weighted by molar-refractivity contribution is -0.124. The highest BCUT2D eigenvalue weighted by Crippen LogP contribution is 2.27. The second-order valence-corrected chi connectivity index (χ2v) is 6.33. The zero-order chi connectivity index (χ0) is 12.2. The Labute approximate surface area is 100.0 Å². The molecule has 0 radical (unpaired) electrons. The fourth-order valence-electron chi connectivity index (χ4n) is 2.29. The van der Waals surface area contributed by atoms with Gasteiger partial charge in [-0.2, -0.15) is 0 Å². The Morgan fingerprint density at radius 2 is 1.69 bits per heavy atom. The Hall–Kier alpha value is -0.370. The minimum Gasteiger partial charge on any atom is -0.327 e. The largest absolute Gasteiger partial charge is 0.327 e. The third-order valence-corrected chi connectivity index (χ3v) is 3.84. The van der Waals surface area contributed by atoms with E-state index >= 15 is 0 Å². The molecule has 2 N–H and O–H groups in total. The zero-order valence-electron chi connectivity index (χ0n) is 11.1. The molecule has 0 spiro atoms. The second-order valence-electron chi connectivity index (χ2n) is 6.33. The molecule has 0 aromatic carbocycles. The van der Waals surface area contributed by atoms with E-state index in [4.69, 9.17) is 5.73 Å². The first-order chi connectivity index (χ1) is 7.41. The molecule has 2 heteroatoms. The van der Waals surface area contributed by atoms with Crippen molar-refractivity contribution in [3.05, 3.63) is 0 Å². The summed E-state index contributed by atoms with van der Waals surface area (Å²) in [4.78, 5) is 12.1. The predicted octanol–water partition coefficient (Wildman–Crippen LogP) is 3.29. The molecule has 94 valence electrons. The molecule has 0 aromatic rings. The highest BCUT2D eigenvalue weighted by Gasteiger charge is 2.27. The summed E-state index contributed by atoms with van der Waals surface area (Å²) in [6.45, 7) is 6.33. The molecule has 16 heavy (non-hydrogen) atoms. The molecule has 0 heterocycles. The van der Waals surface area contributed by atoms with E-state index in [1.54, 1.807) is 0 Å². The monoisotopic (exact) mass is 225 g/mol. The summed E-state index contributed by atoms with van der Waals surface area (Å²) in [6, 6.07) is 0.00301. The number of hydrogen-bond acceptors (Lipinski definition) is 2. The SMILES string of the molecule is CC(C)(C)C(N)CC(=O)C1CCCCCC1. The van der Waals surface area contributed by atoms with Crippen molar-refractivity contribution >= 4 is 5.78 Å².